The number of ether oxygens (including phenoxy) is 1. The van der Waals surface area contributed by atoms with Crippen LogP contribution in [0.2, 0.25) is 0 Å². The van der Waals surface area contributed by atoms with E-state index < -0.39 is 11.8 Å². The van der Waals surface area contributed by atoms with Gasteiger partial charge in [0.25, 0.3) is 0 Å². The van der Waals surface area contributed by atoms with E-state index in [0.29, 0.717) is 29.0 Å². The molecule has 0 aliphatic carbocycles. The first kappa shape index (κ1) is 29.5. The van der Waals surface area contributed by atoms with E-state index in [1.54, 1.807) is 0 Å². The van der Waals surface area contributed by atoms with Crippen LogP contribution in [0.5, 0.6) is 5.75 Å². The van der Waals surface area contributed by atoms with Crippen molar-refractivity contribution in [3.05, 3.63) is 66.5 Å². The van der Waals surface area contributed by atoms with Crippen molar-refractivity contribution in [2.45, 2.75) is 47.6 Å². The number of amides is 2. The molecular formula is C31H38FN7O2. The van der Waals surface area contributed by atoms with Crippen molar-refractivity contribution in [2.24, 2.45) is 11.8 Å². The molecule has 1 heterocycles. The lowest BCUT2D eigenvalue weighted by Gasteiger charge is -2.31. The number of urea groups is 1. The van der Waals surface area contributed by atoms with Gasteiger partial charge >= 0.3 is 6.03 Å². The van der Waals surface area contributed by atoms with Gasteiger partial charge in [-0.2, -0.15) is 0 Å². The molecule has 0 fully saturated rings. The van der Waals surface area contributed by atoms with Crippen molar-refractivity contribution in [3.63, 3.8) is 0 Å². The Kier molecular flexibility index (Phi) is 9.54. The van der Waals surface area contributed by atoms with Crippen molar-refractivity contribution in [3.8, 4) is 28.3 Å². The highest BCUT2D eigenvalue weighted by atomic mass is 19.1. The van der Waals surface area contributed by atoms with Gasteiger partial charge in [0, 0.05) is 24.7 Å². The summed E-state index contributed by atoms with van der Waals surface area (Å²) in [5.41, 5.74) is 4.55. The molecule has 4 rings (SSSR count). The number of hydrogen-bond acceptors (Lipinski definition) is 6. The lowest BCUT2D eigenvalue weighted by Crippen LogP contribution is -2.32. The van der Waals surface area contributed by atoms with E-state index in [1.807, 2.05) is 56.3 Å². The van der Waals surface area contributed by atoms with Gasteiger partial charge in [-0.3, -0.25) is 0 Å². The van der Waals surface area contributed by atoms with E-state index in [9.17, 15) is 9.18 Å². The minimum atomic E-state index is -0.467. The van der Waals surface area contributed by atoms with E-state index in [4.69, 9.17) is 4.74 Å². The molecule has 0 saturated carbocycles. The van der Waals surface area contributed by atoms with Gasteiger partial charge in [-0.1, -0.05) is 58.0 Å². The van der Waals surface area contributed by atoms with Crippen molar-refractivity contribution in [2.75, 3.05) is 28.6 Å². The Morgan fingerprint density at radius 3 is 2.22 bits per heavy atom. The number of anilines is 3. The number of tetrazole rings is 1. The highest BCUT2D eigenvalue weighted by molar-refractivity contribution is 6.03. The number of aromatic amines is 1. The smallest absolute Gasteiger partial charge is 0.323 e. The van der Waals surface area contributed by atoms with Gasteiger partial charge in [0.15, 0.2) is 5.82 Å². The number of benzene rings is 3. The van der Waals surface area contributed by atoms with E-state index in [1.165, 1.54) is 18.2 Å². The number of rotatable bonds is 11. The fourth-order valence-electron chi connectivity index (χ4n) is 4.67. The fraction of sp³-hybridized carbons (Fsp3) is 0.355. The molecule has 2 amide bonds. The van der Waals surface area contributed by atoms with Crippen LogP contribution in [0.1, 0.15) is 41.5 Å². The maximum atomic E-state index is 13.9. The molecule has 3 aromatic carbocycles. The zero-order chi connectivity index (χ0) is 29.5. The fourth-order valence-corrected chi connectivity index (χ4v) is 4.67. The van der Waals surface area contributed by atoms with Crippen LogP contribution < -0.4 is 20.3 Å². The molecular weight excluding hydrogens is 521 g/mol. The topological polar surface area (TPSA) is 108 Å². The standard InChI is InChI=1S/C31H38FN7O2/c1-19(2)17-39(18-20(3)4)28-14-11-22(24-9-7-8-10-25(24)30-35-37-38-36-30)15-27(28)34-31(40)33-26-13-12-23(32)16-29(26)41-21(5)6/h7-16,19-21H,17-18H2,1-6H3,(H2,33,34,40)(H,35,36,37,38). The molecule has 9 nitrogen and oxygen atoms in total. The third-order valence-corrected chi connectivity index (χ3v) is 6.15. The molecule has 0 spiro atoms. The van der Waals surface area contributed by atoms with Gasteiger partial charge in [0.2, 0.25) is 0 Å². The summed E-state index contributed by atoms with van der Waals surface area (Å²) in [6.07, 6.45) is -0.191. The predicted octanol–water partition coefficient (Wildman–Crippen LogP) is 7.22. The number of nitrogens with one attached hydrogen (secondary N) is 3. The molecule has 4 aromatic rings. The Balaban J connectivity index is 1.74. The SMILES string of the molecule is CC(C)CN(CC(C)C)c1ccc(-c2ccccc2-c2nnn[nH]2)cc1NC(=O)Nc1ccc(F)cc1OC(C)C. The number of halogens is 1. The monoisotopic (exact) mass is 559 g/mol. The molecule has 216 valence electrons. The molecule has 10 heteroatoms. The van der Waals surface area contributed by atoms with Crippen molar-refractivity contribution in [1.29, 1.82) is 0 Å². The van der Waals surface area contributed by atoms with Crippen LogP contribution >= 0.6 is 0 Å². The largest absolute Gasteiger partial charge is 0.489 e. The number of carbonyl (C=O) groups is 1. The van der Waals surface area contributed by atoms with Gasteiger partial charge in [-0.05, 0) is 71.5 Å². The second kappa shape index (κ2) is 13.3. The van der Waals surface area contributed by atoms with Crippen molar-refractivity contribution < 1.29 is 13.9 Å². The number of H-pyrrole nitrogens is 1. The predicted molar refractivity (Wildman–Crippen MR) is 162 cm³/mol. The van der Waals surface area contributed by atoms with Gasteiger partial charge in [-0.15, -0.1) is 5.10 Å². The summed E-state index contributed by atoms with van der Waals surface area (Å²) in [4.78, 5) is 15.7. The molecule has 0 bridgehead atoms. The first-order chi connectivity index (χ1) is 19.6. The second-order valence-corrected chi connectivity index (χ2v) is 11.1. The van der Waals surface area contributed by atoms with Gasteiger partial charge in [-0.25, -0.2) is 14.3 Å². The average molecular weight is 560 g/mol. The molecule has 0 aliphatic rings. The van der Waals surface area contributed by atoms with Crippen molar-refractivity contribution >= 4 is 23.1 Å². The Morgan fingerprint density at radius 2 is 1.59 bits per heavy atom. The quantitative estimate of drug-likeness (QED) is 0.179. The third-order valence-electron chi connectivity index (χ3n) is 6.15. The summed E-state index contributed by atoms with van der Waals surface area (Å²) in [7, 11) is 0. The van der Waals surface area contributed by atoms with Gasteiger partial charge in [0.05, 0.1) is 23.2 Å². The number of aromatic nitrogens is 4. The molecule has 41 heavy (non-hydrogen) atoms. The zero-order valence-corrected chi connectivity index (χ0v) is 24.4. The summed E-state index contributed by atoms with van der Waals surface area (Å²) < 4.78 is 19.7. The van der Waals surface area contributed by atoms with Crippen LogP contribution in [0.15, 0.2) is 60.7 Å². The molecule has 0 saturated heterocycles. The van der Waals surface area contributed by atoms with Crippen LogP contribution in [0.25, 0.3) is 22.5 Å². The Morgan fingerprint density at radius 1 is 0.902 bits per heavy atom. The summed E-state index contributed by atoms with van der Waals surface area (Å²) in [5.74, 6) is 1.18. The van der Waals surface area contributed by atoms with Gasteiger partial charge in [0.1, 0.15) is 11.6 Å². The molecule has 3 N–H and O–H groups in total. The van der Waals surface area contributed by atoms with Crippen LogP contribution in [-0.4, -0.2) is 45.8 Å². The number of nitrogens with zero attached hydrogens (tertiary/aromatic N) is 4. The number of carbonyl (C=O) groups excluding carboxylic acids is 1. The van der Waals surface area contributed by atoms with Crippen molar-refractivity contribution in [1.82, 2.24) is 20.6 Å². The summed E-state index contributed by atoms with van der Waals surface area (Å²) in [6, 6.07) is 17.4. The Hall–Kier alpha value is -4.47. The summed E-state index contributed by atoms with van der Waals surface area (Å²) in [6.45, 7) is 14.0. The maximum Gasteiger partial charge on any atom is 0.323 e. The third kappa shape index (κ3) is 7.81. The van der Waals surface area contributed by atoms with Crippen LogP contribution in [0.3, 0.4) is 0 Å². The van der Waals surface area contributed by atoms with Crippen LogP contribution in [-0.2, 0) is 0 Å². The molecule has 0 unspecified atom stereocenters. The second-order valence-electron chi connectivity index (χ2n) is 11.1. The number of hydrogen-bond donors (Lipinski definition) is 3. The zero-order valence-electron chi connectivity index (χ0n) is 24.4. The lowest BCUT2D eigenvalue weighted by molar-refractivity contribution is 0.242. The van der Waals surface area contributed by atoms with Crippen LogP contribution in [0, 0.1) is 17.7 Å². The first-order valence-corrected chi connectivity index (χ1v) is 13.9. The first-order valence-electron chi connectivity index (χ1n) is 13.9. The molecule has 0 atom stereocenters. The Labute approximate surface area is 240 Å². The summed E-state index contributed by atoms with van der Waals surface area (Å²) >= 11 is 0. The minimum absolute atomic E-state index is 0.191. The lowest BCUT2D eigenvalue weighted by atomic mass is 9.97. The minimum Gasteiger partial charge on any atom is -0.489 e. The molecule has 0 radical (unpaired) electrons. The Bertz CT molecular complexity index is 1440. The van der Waals surface area contributed by atoms with E-state index in [0.717, 1.165) is 35.5 Å². The normalized spacial score (nSPS) is 11.3. The van der Waals surface area contributed by atoms with Crippen LogP contribution in [0.4, 0.5) is 26.2 Å². The highest BCUT2D eigenvalue weighted by Crippen LogP contribution is 2.36. The maximum absolute atomic E-state index is 13.9. The molecule has 1 aromatic heterocycles. The highest BCUT2D eigenvalue weighted by Gasteiger charge is 2.19. The van der Waals surface area contributed by atoms with Gasteiger partial charge < -0.3 is 20.3 Å². The van der Waals surface area contributed by atoms with E-state index >= 15 is 0 Å². The average Bonchev–Trinajstić information content (AvgIpc) is 3.44. The van der Waals surface area contributed by atoms with E-state index in [2.05, 4.69) is 63.9 Å². The van der Waals surface area contributed by atoms with E-state index in [-0.39, 0.29) is 11.9 Å². The summed E-state index contributed by atoms with van der Waals surface area (Å²) in [5, 5.41) is 20.3. The molecule has 0 aliphatic heterocycles.